The van der Waals surface area contributed by atoms with Gasteiger partial charge in [-0.05, 0) is 89.8 Å². The van der Waals surface area contributed by atoms with Gasteiger partial charge in [-0.3, -0.25) is 19.2 Å². The average molecular weight is 818 g/mol. The Morgan fingerprint density at radius 1 is 0.517 bits per heavy atom. The number of nitrogens with one attached hydrogen (secondary N) is 2. The number of nitrogens with zero attached hydrogens (tertiary/aromatic N) is 1. The van der Waals surface area contributed by atoms with Crippen molar-refractivity contribution in [3.63, 3.8) is 0 Å². The fraction of sp³-hybridized carbons (Fsp3) is 0.878. The first-order chi connectivity index (χ1) is 28.3. The Hall–Kier alpha value is -2.42. The number of rotatable bonds is 43. The summed E-state index contributed by atoms with van der Waals surface area (Å²) in [5.74, 6) is 0.627. The van der Waals surface area contributed by atoms with Crippen LogP contribution in [0.4, 0.5) is 11.4 Å². The highest BCUT2D eigenvalue weighted by Gasteiger charge is 2.19. The van der Waals surface area contributed by atoms with Gasteiger partial charge in [-0.2, -0.15) is 0 Å². The predicted octanol–water partition coefficient (Wildman–Crippen LogP) is 12.3. The van der Waals surface area contributed by atoms with Crippen molar-refractivity contribution in [2.75, 3.05) is 50.5 Å². The molecule has 0 saturated carbocycles. The number of unbranched alkanes of at least 4 members (excludes halogenated alkanes) is 17. The van der Waals surface area contributed by atoms with E-state index in [1.807, 2.05) is 0 Å². The van der Waals surface area contributed by atoms with Crippen LogP contribution in [0.1, 0.15) is 227 Å². The minimum Gasteiger partial charge on any atom is -0.466 e. The molecular formula is C49H91N3O6. The Bertz CT molecular complexity index is 1180. The smallest absolute Gasteiger partial charge is 0.306 e. The Morgan fingerprint density at radius 3 is 1.59 bits per heavy atom. The van der Waals surface area contributed by atoms with Crippen LogP contribution in [-0.2, 0) is 19.1 Å². The van der Waals surface area contributed by atoms with Gasteiger partial charge in [0, 0.05) is 26.4 Å². The fourth-order valence-electron chi connectivity index (χ4n) is 8.12. The zero-order chi connectivity index (χ0) is 42.5. The van der Waals surface area contributed by atoms with Crippen molar-refractivity contribution >= 4 is 23.3 Å². The third kappa shape index (κ3) is 27.4. The molecule has 338 valence electrons. The molecule has 0 aromatic heterocycles. The number of carbonyl (C=O) groups is 2. The van der Waals surface area contributed by atoms with Crippen LogP contribution in [0.5, 0.6) is 0 Å². The summed E-state index contributed by atoms with van der Waals surface area (Å²) in [7, 11) is 1.67. The lowest BCUT2D eigenvalue weighted by Crippen LogP contribution is -2.37. The number of hydrogen-bond donors (Lipinski definition) is 2. The fourth-order valence-corrected chi connectivity index (χ4v) is 8.12. The van der Waals surface area contributed by atoms with E-state index in [0.29, 0.717) is 43.3 Å². The molecule has 0 radical (unpaired) electrons. The maximum absolute atomic E-state index is 12.8. The second kappa shape index (κ2) is 37.6. The minimum atomic E-state index is -0.440. The van der Waals surface area contributed by atoms with Crippen LogP contribution in [0.3, 0.4) is 0 Å². The van der Waals surface area contributed by atoms with Crippen molar-refractivity contribution in [3.8, 4) is 0 Å². The van der Waals surface area contributed by atoms with Crippen molar-refractivity contribution in [2.24, 2.45) is 5.92 Å². The molecule has 0 aliphatic rings. The highest BCUT2D eigenvalue weighted by molar-refractivity contribution is 5.73. The van der Waals surface area contributed by atoms with E-state index in [0.717, 1.165) is 122 Å². The third-order valence-electron chi connectivity index (χ3n) is 11.8. The van der Waals surface area contributed by atoms with E-state index in [4.69, 9.17) is 9.47 Å². The molecule has 0 heterocycles. The highest BCUT2D eigenvalue weighted by atomic mass is 16.5. The summed E-state index contributed by atoms with van der Waals surface area (Å²) in [6, 6.07) is 0. The van der Waals surface area contributed by atoms with E-state index >= 15 is 0 Å². The lowest BCUT2D eigenvalue weighted by atomic mass is 9.94. The number of carbonyl (C=O) groups excluding carboxylic acids is 2. The molecule has 0 aliphatic carbocycles. The molecule has 1 rings (SSSR count). The quantitative estimate of drug-likeness (QED) is 0.0378. The zero-order valence-electron chi connectivity index (χ0n) is 38.5. The Balaban J connectivity index is 2.39. The lowest BCUT2D eigenvalue weighted by molar-refractivity contribution is -0.150. The van der Waals surface area contributed by atoms with Gasteiger partial charge < -0.3 is 25.0 Å². The summed E-state index contributed by atoms with van der Waals surface area (Å²) in [6.45, 7) is 13.2. The first-order valence-corrected chi connectivity index (χ1v) is 24.6. The molecule has 1 aromatic carbocycles. The molecule has 0 amide bonds. The van der Waals surface area contributed by atoms with Crippen molar-refractivity contribution in [3.05, 3.63) is 20.4 Å². The van der Waals surface area contributed by atoms with Gasteiger partial charge in [-0.15, -0.1) is 0 Å². The van der Waals surface area contributed by atoms with Gasteiger partial charge in [0.1, 0.15) is 17.5 Å². The van der Waals surface area contributed by atoms with Gasteiger partial charge in [-0.25, -0.2) is 0 Å². The topological polar surface area (TPSA) is 114 Å². The zero-order valence-corrected chi connectivity index (χ0v) is 38.5. The third-order valence-corrected chi connectivity index (χ3v) is 11.8. The van der Waals surface area contributed by atoms with Gasteiger partial charge in [-0.1, -0.05) is 150 Å². The Kier molecular flexibility index (Phi) is 34.7. The van der Waals surface area contributed by atoms with Crippen LogP contribution in [0.25, 0.3) is 0 Å². The van der Waals surface area contributed by atoms with Gasteiger partial charge in [0.05, 0.1) is 6.61 Å². The van der Waals surface area contributed by atoms with E-state index in [1.165, 1.54) is 83.5 Å². The molecule has 0 bridgehead atoms. The van der Waals surface area contributed by atoms with E-state index in [1.54, 1.807) is 7.05 Å². The molecule has 2 N–H and O–H groups in total. The molecule has 0 fully saturated rings. The van der Waals surface area contributed by atoms with Crippen molar-refractivity contribution < 1.29 is 19.1 Å². The summed E-state index contributed by atoms with van der Waals surface area (Å²) in [4.78, 5) is 51.3. The molecule has 1 aromatic rings. The summed E-state index contributed by atoms with van der Waals surface area (Å²) >= 11 is 0. The van der Waals surface area contributed by atoms with Crippen LogP contribution < -0.4 is 21.5 Å². The number of hydrogen-bond acceptors (Lipinski definition) is 9. The molecular weight excluding hydrogens is 727 g/mol. The summed E-state index contributed by atoms with van der Waals surface area (Å²) in [5.41, 5.74) is -0.0629. The summed E-state index contributed by atoms with van der Waals surface area (Å²) < 4.78 is 11.6. The summed E-state index contributed by atoms with van der Waals surface area (Å²) in [6.07, 6.45) is 34.3. The van der Waals surface area contributed by atoms with Crippen LogP contribution >= 0.6 is 0 Å². The minimum absolute atomic E-state index is 0.00827. The van der Waals surface area contributed by atoms with Crippen LogP contribution in [0, 0.1) is 5.92 Å². The first kappa shape index (κ1) is 53.6. The van der Waals surface area contributed by atoms with E-state index in [-0.39, 0.29) is 18.0 Å². The molecule has 9 nitrogen and oxygen atoms in total. The van der Waals surface area contributed by atoms with Crippen LogP contribution in [0.15, 0.2) is 9.59 Å². The molecule has 0 aliphatic heterocycles. The molecule has 58 heavy (non-hydrogen) atoms. The number of ether oxygens (including phenoxy) is 2. The molecule has 0 saturated heterocycles. The van der Waals surface area contributed by atoms with Gasteiger partial charge >= 0.3 is 11.9 Å². The first-order valence-electron chi connectivity index (χ1n) is 24.6. The maximum atomic E-state index is 12.8. The van der Waals surface area contributed by atoms with Crippen LogP contribution in [-0.4, -0.2) is 62.8 Å². The second-order valence-electron chi connectivity index (χ2n) is 17.1. The number of esters is 2. The molecule has 1 atom stereocenters. The Morgan fingerprint density at radius 2 is 1.02 bits per heavy atom. The molecule has 0 spiro atoms. The van der Waals surface area contributed by atoms with E-state index in [2.05, 4.69) is 43.2 Å². The van der Waals surface area contributed by atoms with Crippen molar-refractivity contribution in [1.82, 2.24) is 4.90 Å². The average Bonchev–Trinajstić information content (AvgIpc) is 3.22. The second-order valence-corrected chi connectivity index (χ2v) is 17.1. The van der Waals surface area contributed by atoms with Crippen molar-refractivity contribution in [2.45, 2.75) is 233 Å². The van der Waals surface area contributed by atoms with Crippen LogP contribution in [0.2, 0.25) is 0 Å². The number of anilines is 2. The lowest BCUT2D eigenvalue weighted by Gasteiger charge is -2.23. The van der Waals surface area contributed by atoms with Gasteiger partial charge in [0.15, 0.2) is 0 Å². The standard InChI is InChI=1S/C49H91N3O6/c1-6-10-13-17-23-32-43(33-24-18-14-11-7-2)58-45(54)35-26-20-16-22-28-39-52(40-29-37-51-47-46(50-5)48(55)49(47)56)38-27-21-15-19-25-34-44(53)57-41-36-42(30-9-4)31-12-8-3/h42-43,50-51H,6-41H2,1-5H3. The maximum Gasteiger partial charge on any atom is 0.306 e. The normalized spacial score (nSPS) is 12.1. The van der Waals surface area contributed by atoms with Crippen molar-refractivity contribution in [1.29, 1.82) is 0 Å². The monoisotopic (exact) mass is 818 g/mol. The summed E-state index contributed by atoms with van der Waals surface area (Å²) in [5, 5.41) is 6.01. The van der Waals surface area contributed by atoms with Gasteiger partial charge in [0.25, 0.3) is 10.9 Å². The largest absolute Gasteiger partial charge is 0.466 e. The SMILES string of the molecule is CCCCCCCC(CCCCCCC)OC(=O)CCCCCCCN(CCCCCCCC(=O)OCCC(CCC)CCCC)CCCNc1c(NC)c(=O)c1=O. The predicted molar refractivity (Wildman–Crippen MR) is 246 cm³/mol. The van der Waals surface area contributed by atoms with E-state index < -0.39 is 10.9 Å². The Labute approximate surface area is 356 Å². The molecule has 9 heteroatoms. The van der Waals surface area contributed by atoms with E-state index in [9.17, 15) is 19.2 Å². The van der Waals surface area contributed by atoms with Gasteiger partial charge in [0.2, 0.25) is 0 Å². The highest BCUT2D eigenvalue weighted by Crippen LogP contribution is 2.20. The molecule has 1 unspecified atom stereocenters.